The van der Waals surface area contributed by atoms with Crippen LogP contribution in [-0.2, 0) is 0 Å². The molecule has 20 heavy (non-hydrogen) atoms. The Balaban J connectivity index is 2.56. The zero-order valence-corrected chi connectivity index (χ0v) is 11.1. The van der Waals surface area contributed by atoms with Crippen molar-refractivity contribution in [2.45, 2.75) is 0 Å². The standard InChI is InChI=1S/C13H9BClF2O3/c1-19-12-5-10(11(15)6-13(12)20-14-18)7-2-8(16)4-9(17)3-7/h2-6,18H,1H3. The van der Waals surface area contributed by atoms with Gasteiger partial charge in [-0.25, -0.2) is 8.78 Å². The lowest BCUT2D eigenvalue weighted by Crippen LogP contribution is -2.02. The van der Waals surface area contributed by atoms with Gasteiger partial charge in [0.2, 0.25) is 0 Å². The van der Waals surface area contributed by atoms with Crippen LogP contribution in [0.25, 0.3) is 11.1 Å². The molecule has 0 heterocycles. The predicted molar refractivity (Wildman–Crippen MR) is 72.0 cm³/mol. The lowest BCUT2D eigenvalue weighted by Gasteiger charge is -2.13. The summed E-state index contributed by atoms with van der Waals surface area (Å²) in [5, 5.41) is 8.85. The minimum absolute atomic E-state index is 0.181. The van der Waals surface area contributed by atoms with Crippen molar-refractivity contribution in [2.75, 3.05) is 7.11 Å². The molecule has 0 fully saturated rings. The second-order valence-corrected chi connectivity index (χ2v) is 4.27. The van der Waals surface area contributed by atoms with Gasteiger partial charge in [-0.1, -0.05) is 11.6 Å². The summed E-state index contributed by atoms with van der Waals surface area (Å²) >= 11 is 6.06. The second-order valence-electron chi connectivity index (χ2n) is 3.86. The van der Waals surface area contributed by atoms with Gasteiger partial charge in [0.15, 0.2) is 5.75 Å². The zero-order valence-electron chi connectivity index (χ0n) is 10.4. The molecule has 0 aliphatic heterocycles. The molecular formula is C13H9BClF2O3. The van der Waals surface area contributed by atoms with Crippen molar-refractivity contribution >= 4 is 19.3 Å². The third-order valence-electron chi connectivity index (χ3n) is 2.61. The van der Waals surface area contributed by atoms with Gasteiger partial charge in [-0.3, -0.25) is 0 Å². The normalized spacial score (nSPS) is 10.2. The molecule has 2 aromatic rings. The molecule has 0 bridgehead atoms. The van der Waals surface area contributed by atoms with Gasteiger partial charge in [-0.05, 0) is 23.8 Å². The summed E-state index contributed by atoms with van der Waals surface area (Å²) in [5.41, 5.74) is 0.650. The van der Waals surface area contributed by atoms with E-state index >= 15 is 0 Å². The van der Waals surface area contributed by atoms with Crippen molar-refractivity contribution in [1.82, 2.24) is 0 Å². The predicted octanol–water partition coefficient (Wildman–Crippen LogP) is 3.20. The fourth-order valence-electron chi connectivity index (χ4n) is 1.77. The first kappa shape index (κ1) is 14.6. The third-order valence-corrected chi connectivity index (χ3v) is 2.92. The number of ether oxygens (including phenoxy) is 1. The maximum Gasteiger partial charge on any atom is 0.569 e. The van der Waals surface area contributed by atoms with E-state index < -0.39 is 11.6 Å². The highest BCUT2D eigenvalue weighted by molar-refractivity contribution is 6.33. The van der Waals surface area contributed by atoms with E-state index in [4.69, 9.17) is 26.0 Å². The van der Waals surface area contributed by atoms with Crippen molar-refractivity contribution < 1.29 is 23.2 Å². The highest BCUT2D eigenvalue weighted by atomic mass is 35.5. The Morgan fingerprint density at radius 2 is 1.70 bits per heavy atom. The van der Waals surface area contributed by atoms with Crippen molar-refractivity contribution in [3.05, 3.63) is 47.0 Å². The Morgan fingerprint density at radius 1 is 1.05 bits per heavy atom. The number of benzene rings is 2. The summed E-state index contributed by atoms with van der Waals surface area (Å²) in [6.45, 7) is 0. The Bertz CT molecular complexity index is 617. The van der Waals surface area contributed by atoms with Gasteiger partial charge in [0.1, 0.15) is 17.4 Å². The number of hydrogen-bond acceptors (Lipinski definition) is 3. The molecular weight excluding hydrogens is 288 g/mol. The topological polar surface area (TPSA) is 38.7 Å². The second kappa shape index (κ2) is 6.11. The van der Waals surface area contributed by atoms with Crippen molar-refractivity contribution in [3.8, 4) is 22.6 Å². The lowest BCUT2D eigenvalue weighted by molar-refractivity contribution is 0.382. The van der Waals surface area contributed by atoms with Gasteiger partial charge in [0.05, 0.1) is 12.1 Å². The average Bonchev–Trinajstić information content (AvgIpc) is 2.38. The lowest BCUT2D eigenvalue weighted by atomic mass is 10.0. The molecule has 103 valence electrons. The Hall–Kier alpha value is -1.79. The van der Waals surface area contributed by atoms with Crippen molar-refractivity contribution in [1.29, 1.82) is 0 Å². The van der Waals surface area contributed by atoms with Crippen LogP contribution in [-0.4, -0.2) is 19.8 Å². The summed E-state index contributed by atoms with van der Waals surface area (Å²) in [6.07, 6.45) is 0. The van der Waals surface area contributed by atoms with Crippen molar-refractivity contribution in [2.24, 2.45) is 0 Å². The van der Waals surface area contributed by atoms with E-state index in [0.29, 0.717) is 13.2 Å². The van der Waals surface area contributed by atoms with Crippen LogP contribution in [0.5, 0.6) is 11.5 Å². The first-order valence-corrected chi connectivity index (χ1v) is 5.89. The maximum atomic E-state index is 13.3. The van der Waals surface area contributed by atoms with E-state index in [1.54, 1.807) is 0 Å². The Morgan fingerprint density at radius 3 is 2.25 bits per heavy atom. The van der Waals surface area contributed by atoms with E-state index in [9.17, 15) is 8.78 Å². The van der Waals surface area contributed by atoms with E-state index in [1.807, 2.05) is 0 Å². The number of rotatable bonds is 4. The van der Waals surface area contributed by atoms with Crippen LogP contribution in [0.2, 0.25) is 5.02 Å². The van der Waals surface area contributed by atoms with E-state index in [-0.39, 0.29) is 22.1 Å². The number of hydrogen-bond donors (Lipinski definition) is 1. The average molecular weight is 297 g/mol. The fourth-order valence-corrected chi connectivity index (χ4v) is 2.04. The summed E-state index contributed by atoms with van der Waals surface area (Å²) in [5.74, 6) is -0.974. The molecule has 0 saturated heterocycles. The number of halogens is 3. The summed E-state index contributed by atoms with van der Waals surface area (Å²) in [6, 6.07) is 5.93. The summed E-state index contributed by atoms with van der Waals surface area (Å²) < 4.78 is 36.4. The Kier molecular flexibility index (Phi) is 4.47. The smallest absolute Gasteiger partial charge is 0.535 e. The number of methoxy groups -OCH3 is 1. The molecule has 2 aromatic carbocycles. The van der Waals surface area contributed by atoms with Gasteiger partial charge in [0, 0.05) is 17.7 Å². The van der Waals surface area contributed by atoms with E-state index in [2.05, 4.69) is 0 Å². The van der Waals surface area contributed by atoms with Gasteiger partial charge >= 0.3 is 7.69 Å². The largest absolute Gasteiger partial charge is 0.569 e. The van der Waals surface area contributed by atoms with Crippen LogP contribution in [0.1, 0.15) is 0 Å². The van der Waals surface area contributed by atoms with Gasteiger partial charge < -0.3 is 14.4 Å². The van der Waals surface area contributed by atoms with Crippen LogP contribution in [0.15, 0.2) is 30.3 Å². The summed E-state index contributed by atoms with van der Waals surface area (Å²) in [7, 11) is 1.87. The minimum Gasteiger partial charge on any atom is -0.535 e. The molecule has 0 saturated carbocycles. The molecule has 7 heteroatoms. The van der Waals surface area contributed by atoms with Crippen molar-refractivity contribution in [3.63, 3.8) is 0 Å². The maximum absolute atomic E-state index is 13.3. The molecule has 1 radical (unpaired) electrons. The molecule has 0 amide bonds. The first-order chi connectivity index (χ1) is 9.55. The minimum atomic E-state index is -0.709. The van der Waals surface area contributed by atoms with Crippen LogP contribution in [0.4, 0.5) is 8.78 Å². The van der Waals surface area contributed by atoms with Gasteiger partial charge in [-0.2, -0.15) is 0 Å². The van der Waals surface area contributed by atoms with Gasteiger partial charge in [0.25, 0.3) is 0 Å². The van der Waals surface area contributed by atoms with Crippen LogP contribution in [0, 0.1) is 11.6 Å². The molecule has 0 unspecified atom stereocenters. The monoisotopic (exact) mass is 297 g/mol. The Labute approximate surface area is 120 Å². The highest BCUT2D eigenvalue weighted by Crippen LogP contribution is 2.38. The SMILES string of the molecule is COc1cc(-c2cc(F)cc(F)c2)c(Cl)cc1O[B]O. The molecule has 0 aliphatic rings. The molecule has 1 N–H and O–H groups in total. The van der Waals surface area contributed by atoms with Crippen LogP contribution in [0.3, 0.4) is 0 Å². The summed E-state index contributed by atoms with van der Waals surface area (Å²) in [4.78, 5) is 0. The zero-order chi connectivity index (χ0) is 14.7. The molecule has 0 atom stereocenters. The molecule has 3 nitrogen and oxygen atoms in total. The molecule has 2 rings (SSSR count). The third kappa shape index (κ3) is 3.03. The molecule has 0 aromatic heterocycles. The molecule has 0 spiro atoms. The van der Waals surface area contributed by atoms with Crippen LogP contribution >= 0.6 is 11.6 Å². The van der Waals surface area contributed by atoms with Crippen LogP contribution < -0.4 is 9.39 Å². The van der Waals surface area contributed by atoms with Gasteiger partial charge in [-0.15, -0.1) is 0 Å². The fraction of sp³-hybridized carbons (Fsp3) is 0.0769. The first-order valence-electron chi connectivity index (χ1n) is 5.51. The molecule has 0 aliphatic carbocycles. The van der Waals surface area contributed by atoms with E-state index in [0.717, 1.165) is 18.2 Å². The van der Waals surface area contributed by atoms with E-state index in [1.165, 1.54) is 19.2 Å². The highest BCUT2D eigenvalue weighted by Gasteiger charge is 2.13. The quantitative estimate of drug-likeness (QED) is 0.881.